The molecule has 3 radical (unpaired) electrons. The molecule has 0 nitrogen and oxygen atoms in total. The summed E-state index contributed by atoms with van der Waals surface area (Å²) in [7, 11) is -9.42. The van der Waals surface area contributed by atoms with E-state index in [9.17, 15) is 65.4 Å². The minimum absolute atomic E-state index is 0. The molecule has 0 heterocycles. The zero-order chi connectivity index (χ0) is 27.9. The predicted molar refractivity (Wildman–Crippen MR) is 108 cm³/mol. The van der Waals surface area contributed by atoms with E-state index in [2.05, 4.69) is 0 Å². The van der Waals surface area contributed by atoms with Crippen molar-refractivity contribution in [2.75, 3.05) is 0 Å². The Kier molecular flexibility index (Phi) is 13.3. The van der Waals surface area contributed by atoms with E-state index in [4.69, 9.17) is 0 Å². The first kappa shape index (κ1) is 33.9. The van der Waals surface area contributed by atoms with Gasteiger partial charge in [-0.2, -0.15) is 0 Å². The minimum atomic E-state index is -3.14. The minimum Gasteiger partial charge on any atom is -0.281 e. The molecule has 195 valence electrons. The lowest BCUT2D eigenvalue weighted by Crippen LogP contribution is -2.25. The van der Waals surface area contributed by atoms with Gasteiger partial charge in [0.1, 0.15) is 0 Å². The molecule has 19 heteroatoms. The Bertz CT molecular complexity index is 1040. The summed E-state index contributed by atoms with van der Waals surface area (Å²) in [4.78, 5) is 0. The van der Waals surface area contributed by atoms with Gasteiger partial charge in [0.25, 0.3) is 0 Å². The summed E-state index contributed by atoms with van der Waals surface area (Å²) in [5, 5.41) is 0. The number of benzene rings is 3. The molecule has 0 saturated heterocycles. The third-order valence-electron chi connectivity index (χ3n) is 3.90. The molecule has 37 heavy (non-hydrogen) atoms. The fourth-order valence-corrected chi connectivity index (χ4v) is 2.13. The highest BCUT2D eigenvalue weighted by atomic mass is 19.2. The predicted octanol–water partition coefficient (Wildman–Crippen LogP) is 4.83. The van der Waals surface area contributed by atoms with Gasteiger partial charge in [0.2, 0.25) is 0 Å². The van der Waals surface area contributed by atoms with Crippen LogP contribution in [0.2, 0.25) is 0 Å². The number of hydrogen-bond acceptors (Lipinski definition) is 0. The van der Waals surface area contributed by atoms with Crippen molar-refractivity contribution in [3.05, 3.63) is 88.8 Å². The zero-order valence-corrected chi connectivity index (χ0v) is 17.4. The Morgan fingerprint density at radius 2 is 0.514 bits per heavy atom. The van der Waals surface area contributed by atoms with Crippen molar-refractivity contribution in [1.29, 1.82) is 0 Å². The maximum Gasteiger partial charge on any atom is 0.575 e. The van der Waals surface area contributed by atoms with Crippen molar-refractivity contribution in [2.24, 2.45) is 0 Å². The second kappa shape index (κ2) is 14.6. The van der Waals surface area contributed by atoms with E-state index in [1.807, 2.05) is 0 Å². The molecular weight excluding hydrogens is 544 g/mol. The Balaban J connectivity index is 0.000000518. The number of hydrogen-bond donors (Lipinski definition) is 0. The first-order valence-electron chi connectivity index (χ1n) is 8.86. The second-order valence-corrected chi connectivity index (χ2v) is 6.20. The number of rotatable bonds is 3. The summed E-state index contributed by atoms with van der Waals surface area (Å²) in [6.07, 6.45) is 0. The summed E-state index contributed by atoms with van der Waals surface area (Å²) >= 11 is 0. The highest BCUT2D eigenvalue weighted by Gasteiger charge is 2.26. The van der Waals surface area contributed by atoms with Crippen molar-refractivity contribution >= 4 is 46.6 Å². The standard InChI is InChI=1S/3C6H2BF5.B/c3*8-4-2-1-3(7(11)12)5(9)6(4)10;/h3*1-2H;. The Hall–Kier alpha value is -3.13. The van der Waals surface area contributed by atoms with E-state index in [1.165, 1.54) is 0 Å². The van der Waals surface area contributed by atoms with Crippen molar-refractivity contribution in [2.45, 2.75) is 0 Å². The molecule has 3 aromatic rings. The average Bonchev–Trinajstić information content (AvgIpc) is 2.79. The Labute approximate surface area is 201 Å². The van der Waals surface area contributed by atoms with Crippen LogP contribution in [-0.4, -0.2) is 30.2 Å². The van der Waals surface area contributed by atoms with E-state index in [0.717, 1.165) is 0 Å². The van der Waals surface area contributed by atoms with Gasteiger partial charge in [-0.3, -0.25) is 25.9 Å². The third kappa shape index (κ3) is 8.74. The molecule has 3 rings (SSSR count). The molecule has 0 amide bonds. The summed E-state index contributed by atoms with van der Waals surface area (Å²) in [5.74, 6) is -15.5. The number of halogens is 15. The smallest absolute Gasteiger partial charge is 0.281 e. The van der Waals surface area contributed by atoms with Crippen LogP contribution in [0.1, 0.15) is 0 Å². The molecule has 0 aliphatic carbocycles. The van der Waals surface area contributed by atoms with Gasteiger partial charge in [0, 0.05) is 24.8 Å². The SMILES string of the molecule is FB(F)c1ccc(F)c(F)c1F.FB(F)c1ccc(F)c(F)c1F.FB(F)c1ccc(F)c(F)c1F.[B]. The van der Waals surface area contributed by atoms with Crippen molar-refractivity contribution in [1.82, 2.24) is 0 Å². The molecule has 0 saturated carbocycles. The third-order valence-corrected chi connectivity index (χ3v) is 3.90. The molecule has 0 N–H and O–H groups in total. The second-order valence-electron chi connectivity index (χ2n) is 6.20. The van der Waals surface area contributed by atoms with Crippen molar-refractivity contribution < 1.29 is 65.4 Å². The van der Waals surface area contributed by atoms with Crippen molar-refractivity contribution in [3.63, 3.8) is 0 Å². The molecule has 0 aromatic heterocycles. The molecule has 3 aromatic carbocycles. The van der Waals surface area contributed by atoms with Gasteiger partial charge in [-0.05, 0) is 18.2 Å². The van der Waals surface area contributed by atoms with E-state index in [1.54, 1.807) is 0 Å². The summed E-state index contributed by atoms with van der Waals surface area (Å²) in [6.45, 7) is 0. The van der Waals surface area contributed by atoms with Crippen LogP contribution in [0.15, 0.2) is 36.4 Å². The molecule has 0 fully saturated rings. The molecule has 0 bridgehead atoms. The topological polar surface area (TPSA) is 0 Å². The largest absolute Gasteiger partial charge is 0.575 e. The van der Waals surface area contributed by atoms with E-state index < -0.39 is 90.5 Å². The maximum atomic E-state index is 12.4. The summed E-state index contributed by atoms with van der Waals surface area (Å²) in [6, 6.07) is 2.91. The van der Waals surface area contributed by atoms with Crippen LogP contribution >= 0.6 is 0 Å². The summed E-state index contributed by atoms with van der Waals surface area (Å²) < 4.78 is 181. The van der Waals surface area contributed by atoms with Crippen LogP contribution in [0, 0.1) is 52.4 Å². The lowest BCUT2D eigenvalue weighted by molar-refractivity contribution is 0.449. The van der Waals surface area contributed by atoms with Gasteiger partial charge in [-0.15, -0.1) is 0 Å². The van der Waals surface area contributed by atoms with Crippen molar-refractivity contribution in [3.8, 4) is 0 Å². The fraction of sp³-hybridized carbons (Fsp3) is 0. The van der Waals surface area contributed by atoms with Crippen LogP contribution in [0.5, 0.6) is 0 Å². The van der Waals surface area contributed by atoms with Crippen LogP contribution in [0.4, 0.5) is 65.4 Å². The van der Waals surface area contributed by atoms with Gasteiger partial charge < -0.3 is 0 Å². The Morgan fingerprint density at radius 3 is 0.676 bits per heavy atom. The Morgan fingerprint density at radius 1 is 0.324 bits per heavy atom. The maximum absolute atomic E-state index is 12.4. The van der Waals surface area contributed by atoms with E-state index in [0.29, 0.717) is 36.4 Å². The van der Waals surface area contributed by atoms with Gasteiger partial charge in [-0.25, -0.2) is 39.5 Å². The normalized spacial score (nSPS) is 9.81. The van der Waals surface area contributed by atoms with Crippen LogP contribution in [0.3, 0.4) is 0 Å². The first-order chi connectivity index (χ1) is 16.6. The highest BCUT2D eigenvalue weighted by Crippen LogP contribution is 2.11. The average molecular weight is 550 g/mol. The van der Waals surface area contributed by atoms with Crippen LogP contribution in [-0.2, 0) is 0 Å². The van der Waals surface area contributed by atoms with Gasteiger partial charge in [-0.1, -0.05) is 18.2 Å². The lowest BCUT2D eigenvalue weighted by atomic mass is 9.85. The van der Waals surface area contributed by atoms with E-state index in [-0.39, 0.29) is 8.41 Å². The monoisotopic (exact) mass is 551 g/mol. The molecule has 0 aliphatic rings. The van der Waals surface area contributed by atoms with Gasteiger partial charge in [0.15, 0.2) is 52.4 Å². The lowest BCUT2D eigenvalue weighted by Gasteiger charge is -1.99. The van der Waals surface area contributed by atoms with E-state index >= 15 is 0 Å². The van der Waals surface area contributed by atoms with Gasteiger partial charge >= 0.3 is 21.8 Å². The molecule has 0 atom stereocenters. The highest BCUT2D eigenvalue weighted by molar-refractivity contribution is 6.60. The zero-order valence-electron chi connectivity index (χ0n) is 17.4. The molecule has 0 unspecified atom stereocenters. The van der Waals surface area contributed by atoms with Gasteiger partial charge in [0.05, 0.1) is 0 Å². The fourth-order valence-electron chi connectivity index (χ4n) is 2.13. The van der Waals surface area contributed by atoms with Crippen LogP contribution in [0.25, 0.3) is 0 Å². The molecule has 0 aliphatic heterocycles. The molecular formula is C18H6B4F15. The van der Waals surface area contributed by atoms with Crippen LogP contribution < -0.4 is 16.4 Å². The summed E-state index contributed by atoms with van der Waals surface area (Å²) in [5.41, 5.74) is -3.39. The quantitative estimate of drug-likeness (QED) is 0.249. The molecule has 0 spiro atoms. The first-order valence-corrected chi connectivity index (χ1v) is 8.86.